The molecule has 0 aliphatic carbocycles. The molecule has 18 heteroatoms. The highest BCUT2D eigenvalue weighted by Crippen LogP contribution is 2.40. The van der Waals surface area contributed by atoms with E-state index in [1.807, 2.05) is 30.3 Å². The molecule has 0 aromatic heterocycles. The highest BCUT2D eigenvalue weighted by molar-refractivity contribution is 6.32. The number of allylic oxidation sites excluding steroid dienone is 2. The van der Waals surface area contributed by atoms with E-state index in [4.69, 9.17) is 23.2 Å². The minimum atomic E-state index is -1.30. The van der Waals surface area contributed by atoms with Gasteiger partial charge in [-0.05, 0) is 50.6 Å². The molecule has 2 aliphatic heterocycles. The first-order valence-corrected chi connectivity index (χ1v) is 20.7. The van der Waals surface area contributed by atoms with Crippen molar-refractivity contribution in [2.24, 2.45) is 9.98 Å². The smallest absolute Gasteiger partial charge is 0.251 e. The minimum absolute atomic E-state index is 0. The summed E-state index contributed by atoms with van der Waals surface area (Å²) >= 11 is 12.5. The largest absolute Gasteiger partial charge is 0.346 e. The maximum atomic E-state index is 14.9. The molecule has 0 radical (unpaired) electrons. The van der Waals surface area contributed by atoms with Crippen LogP contribution in [0, 0.1) is 46.5 Å². The van der Waals surface area contributed by atoms with E-state index in [1.165, 1.54) is 19.1 Å². The number of amides is 2. The van der Waals surface area contributed by atoms with Crippen LogP contribution in [0.4, 0.5) is 35.1 Å². The maximum Gasteiger partial charge on any atom is 0.251 e. The van der Waals surface area contributed by atoms with Gasteiger partial charge < -0.3 is 10.6 Å². The number of halogens is 10. The summed E-state index contributed by atoms with van der Waals surface area (Å²) in [5.41, 5.74) is 0.502. The Kier molecular flexibility index (Phi) is 16.3. The molecule has 0 spiro atoms. The van der Waals surface area contributed by atoms with Gasteiger partial charge in [0.25, 0.3) is 5.91 Å². The van der Waals surface area contributed by atoms with Crippen molar-refractivity contribution in [3.05, 3.63) is 198 Å². The lowest BCUT2D eigenvalue weighted by molar-refractivity contribution is -0.124. The summed E-state index contributed by atoms with van der Waals surface area (Å²) in [6.07, 6.45) is 0.161. The van der Waals surface area contributed by atoms with E-state index in [0.717, 1.165) is 41.7 Å². The molecule has 350 valence electrons. The molecule has 2 heterocycles. The fraction of sp³-hybridized carbons (Fsp3) is 0.204. The first-order valence-electron chi connectivity index (χ1n) is 20.0. The number of amidine groups is 2. The fourth-order valence-corrected chi connectivity index (χ4v) is 7.99. The third kappa shape index (κ3) is 11.0. The summed E-state index contributed by atoms with van der Waals surface area (Å²) < 4.78 is 112. The van der Waals surface area contributed by atoms with Gasteiger partial charge in [0.05, 0.1) is 22.7 Å². The van der Waals surface area contributed by atoms with Crippen LogP contribution in [-0.2, 0) is 14.4 Å². The van der Waals surface area contributed by atoms with Crippen molar-refractivity contribution in [3.63, 3.8) is 0 Å². The first kappa shape index (κ1) is 51.3. The number of aliphatic imine (C=N–C) groups is 2. The summed E-state index contributed by atoms with van der Waals surface area (Å²) in [5.74, 6) is -10.6. The Morgan fingerprint density at radius 3 is 1.63 bits per heavy atom. The molecule has 3 atom stereocenters. The molecule has 67 heavy (non-hydrogen) atoms. The molecule has 0 fully saturated rings. The number of hydrogen-bond donors (Lipinski definition) is 2. The van der Waals surface area contributed by atoms with Gasteiger partial charge >= 0.3 is 0 Å². The molecule has 8 nitrogen and oxygen atoms in total. The Labute approximate surface area is 390 Å². The summed E-state index contributed by atoms with van der Waals surface area (Å²) in [4.78, 5) is 48.4. The first-order chi connectivity index (χ1) is 31.2. The van der Waals surface area contributed by atoms with Crippen LogP contribution in [0.2, 0.25) is 10.0 Å². The zero-order valence-corrected chi connectivity index (χ0v) is 37.0. The Balaban J connectivity index is 0.000000258. The van der Waals surface area contributed by atoms with Gasteiger partial charge in [0, 0.05) is 75.7 Å². The Morgan fingerprint density at radius 1 is 0.687 bits per heavy atom. The zero-order chi connectivity index (χ0) is 48.3. The normalized spacial score (nSPS) is 16.2. The lowest BCUT2D eigenvalue weighted by Gasteiger charge is -2.34. The van der Waals surface area contributed by atoms with Crippen molar-refractivity contribution in [2.45, 2.75) is 66.6 Å². The SMILES string of the molecule is C.CC(=O)N1C(c2c(F)cc(F)cc2F)=N[C@@H](c2ccc(F)cc2Cl)C(C(=O)N[C@H](C)c2ccccc2)=C1C.CCC(=O)C1=C(C)NC(c2c(F)cc(F)cc2F)=N[C@H]1c1ccc(F)cc1Cl. The van der Waals surface area contributed by atoms with Crippen LogP contribution in [0.15, 0.2) is 124 Å². The second kappa shape index (κ2) is 21.3. The van der Waals surface area contributed by atoms with Crippen molar-refractivity contribution >= 4 is 52.5 Å². The number of benzene rings is 5. The van der Waals surface area contributed by atoms with E-state index in [0.29, 0.717) is 35.5 Å². The lowest BCUT2D eigenvalue weighted by atomic mass is 9.91. The topological polar surface area (TPSA) is 103 Å². The molecule has 5 aromatic rings. The zero-order valence-electron chi connectivity index (χ0n) is 35.4. The van der Waals surface area contributed by atoms with Crippen LogP contribution in [0.5, 0.6) is 0 Å². The van der Waals surface area contributed by atoms with E-state index in [2.05, 4.69) is 20.6 Å². The number of nitrogens with one attached hydrogen (secondary N) is 2. The molecule has 0 unspecified atom stereocenters. The monoisotopic (exact) mass is 969 g/mol. The molecular formula is C49H41Cl2F8N5O3. The van der Waals surface area contributed by atoms with Gasteiger partial charge in [-0.1, -0.05) is 80.0 Å². The molecule has 0 saturated carbocycles. The van der Waals surface area contributed by atoms with Crippen molar-refractivity contribution in [2.75, 3.05) is 0 Å². The quantitative estimate of drug-likeness (QED) is 0.144. The predicted molar refractivity (Wildman–Crippen MR) is 240 cm³/mol. The summed E-state index contributed by atoms with van der Waals surface area (Å²) in [6.45, 7) is 7.52. The van der Waals surface area contributed by atoms with Crippen molar-refractivity contribution in [1.29, 1.82) is 0 Å². The van der Waals surface area contributed by atoms with Gasteiger partial charge in [0.15, 0.2) is 5.78 Å². The average molecular weight is 971 g/mol. The molecule has 0 saturated heterocycles. The van der Waals surface area contributed by atoms with Crippen LogP contribution < -0.4 is 10.6 Å². The third-order valence-corrected chi connectivity index (χ3v) is 11.2. The molecule has 0 bridgehead atoms. The summed E-state index contributed by atoms with van der Waals surface area (Å²) in [6, 6.07) is 15.3. The second-order valence-electron chi connectivity index (χ2n) is 15.0. The lowest BCUT2D eigenvalue weighted by Crippen LogP contribution is -2.42. The van der Waals surface area contributed by atoms with E-state index < -0.39 is 93.4 Å². The van der Waals surface area contributed by atoms with Crippen LogP contribution in [0.25, 0.3) is 0 Å². The minimum Gasteiger partial charge on any atom is -0.346 e. The Hall–Kier alpha value is -6.65. The third-order valence-electron chi connectivity index (χ3n) is 10.5. The number of carbonyl (C=O) groups is 3. The number of hydrogen-bond acceptors (Lipinski definition) is 6. The molecule has 5 aromatic carbocycles. The molecule has 2 N–H and O–H groups in total. The van der Waals surface area contributed by atoms with E-state index >= 15 is 0 Å². The number of nitrogens with zero attached hydrogens (tertiary/aromatic N) is 3. The number of ketones is 1. The number of rotatable bonds is 9. The van der Waals surface area contributed by atoms with Crippen molar-refractivity contribution in [1.82, 2.24) is 15.5 Å². The van der Waals surface area contributed by atoms with Crippen LogP contribution in [0.1, 0.15) is 94.4 Å². The standard InChI is InChI=1S/C28H22ClF4N3O2.C20H15ClF4N2O.CH4/c1-14(17-7-5-4-6-8-17)34-28(38)24-15(2)36(16(3)37)27(25-22(32)12-19(31)13-23(25)33)35-26(24)20-10-9-18(30)11-21(20)29;1-3-16(28)17-9(2)26-20(18-14(24)7-11(23)8-15(18)25)27-19(17)12-5-4-10(22)6-13(12)21;/h4-14,26H,1-3H3,(H,34,38);4-8,19H,3H2,1-2H3,(H,26,27);1H4/t14-,26+;19-;/m10./s1. The second-order valence-corrected chi connectivity index (χ2v) is 15.8. The Bertz CT molecular complexity index is 2860. The van der Waals surface area contributed by atoms with Gasteiger partial charge in [-0.2, -0.15) is 0 Å². The summed E-state index contributed by atoms with van der Waals surface area (Å²) in [7, 11) is 0. The summed E-state index contributed by atoms with van der Waals surface area (Å²) in [5, 5.41) is 5.50. The highest BCUT2D eigenvalue weighted by atomic mass is 35.5. The highest BCUT2D eigenvalue weighted by Gasteiger charge is 2.39. The van der Waals surface area contributed by atoms with Crippen LogP contribution >= 0.6 is 23.2 Å². The van der Waals surface area contributed by atoms with Crippen LogP contribution in [0.3, 0.4) is 0 Å². The predicted octanol–water partition coefficient (Wildman–Crippen LogP) is 12.3. The van der Waals surface area contributed by atoms with Gasteiger partial charge in [-0.15, -0.1) is 0 Å². The van der Waals surface area contributed by atoms with Gasteiger partial charge in [0.2, 0.25) is 5.91 Å². The fourth-order valence-electron chi connectivity index (χ4n) is 7.45. The van der Waals surface area contributed by atoms with E-state index in [1.54, 1.807) is 20.8 Å². The number of carbonyl (C=O) groups excluding carboxylic acids is 3. The number of Topliss-reactive ketones (excluding diaryl/α,β-unsaturated/α-hetero) is 1. The van der Waals surface area contributed by atoms with Crippen molar-refractivity contribution in [3.8, 4) is 0 Å². The molecule has 7 rings (SSSR count). The average Bonchev–Trinajstić information content (AvgIpc) is 3.22. The Morgan fingerprint density at radius 2 is 1.16 bits per heavy atom. The van der Waals surface area contributed by atoms with E-state index in [-0.39, 0.29) is 57.9 Å². The van der Waals surface area contributed by atoms with E-state index in [9.17, 15) is 49.5 Å². The van der Waals surface area contributed by atoms with Crippen molar-refractivity contribution < 1.29 is 49.5 Å². The van der Waals surface area contributed by atoms with Gasteiger partial charge in [-0.25, -0.2) is 35.1 Å². The van der Waals surface area contributed by atoms with Gasteiger partial charge in [-0.3, -0.25) is 29.3 Å². The molecule has 2 amide bonds. The molecular weight excluding hydrogens is 929 g/mol. The molecule has 2 aliphatic rings. The van der Waals surface area contributed by atoms with Crippen LogP contribution in [-0.4, -0.2) is 34.2 Å². The maximum absolute atomic E-state index is 14.9. The van der Waals surface area contributed by atoms with Gasteiger partial charge in [0.1, 0.15) is 70.3 Å².